The molecule has 21 heavy (non-hydrogen) atoms. The summed E-state index contributed by atoms with van der Waals surface area (Å²) >= 11 is 5.99. The van der Waals surface area contributed by atoms with Gasteiger partial charge in [0.25, 0.3) is 6.47 Å². The lowest BCUT2D eigenvalue weighted by molar-refractivity contribution is -0.120. The zero-order valence-corrected chi connectivity index (χ0v) is 12.3. The lowest BCUT2D eigenvalue weighted by Gasteiger charge is -2.26. The normalized spacial score (nSPS) is 13.1. The minimum Gasteiger partial charge on any atom is -0.429 e. The second-order valence-electron chi connectivity index (χ2n) is 4.97. The highest BCUT2D eigenvalue weighted by atomic mass is 35.5. The number of carbonyl (C=O) groups excluding carboxylic acids is 1. The number of alkyl halides is 1. The van der Waals surface area contributed by atoms with Crippen molar-refractivity contribution in [2.24, 2.45) is 0 Å². The van der Waals surface area contributed by atoms with Crippen LogP contribution in [-0.2, 0) is 17.6 Å². The first-order chi connectivity index (χ1) is 10.3. The van der Waals surface area contributed by atoms with Crippen LogP contribution >= 0.6 is 11.6 Å². The Hall–Kier alpha value is -2.00. The zero-order valence-electron chi connectivity index (χ0n) is 11.6. The first-order valence-corrected chi connectivity index (χ1v) is 7.51. The summed E-state index contributed by atoms with van der Waals surface area (Å²) in [4.78, 5) is 12.8. The average Bonchev–Trinajstić information content (AvgIpc) is 2.66. The highest BCUT2D eigenvalue weighted by Crippen LogP contribution is 2.37. The molecule has 0 bridgehead atoms. The molecule has 3 rings (SSSR count). The molecular formula is C17H16ClNO2. The summed E-state index contributed by atoms with van der Waals surface area (Å²) in [5.41, 5.74) is 4.84. The summed E-state index contributed by atoms with van der Waals surface area (Å²) in [7, 11) is 0. The molecule has 0 amide bonds. The zero-order chi connectivity index (χ0) is 14.7. The fourth-order valence-electron chi connectivity index (χ4n) is 2.86. The number of aryl methyl sites for hydroxylation is 2. The summed E-state index contributed by atoms with van der Waals surface area (Å²) < 4.78 is 4.96. The molecule has 1 aliphatic rings. The van der Waals surface area contributed by atoms with E-state index in [1.807, 2.05) is 18.2 Å². The van der Waals surface area contributed by atoms with Crippen LogP contribution in [0.3, 0.4) is 0 Å². The number of ether oxygens (including phenoxy) is 1. The number of anilines is 2. The van der Waals surface area contributed by atoms with E-state index in [0.29, 0.717) is 18.1 Å². The third-order valence-electron chi connectivity index (χ3n) is 3.78. The Morgan fingerprint density at radius 1 is 1.10 bits per heavy atom. The van der Waals surface area contributed by atoms with Crippen molar-refractivity contribution in [3.05, 3.63) is 53.6 Å². The van der Waals surface area contributed by atoms with Crippen LogP contribution in [0.25, 0.3) is 0 Å². The molecule has 0 N–H and O–H groups in total. The van der Waals surface area contributed by atoms with Crippen LogP contribution in [0.4, 0.5) is 11.4 Å². The number of para-hydroxylation sites is 1. The highest BCUT2D eigenvalue weighted by Gasteiger charge is 2.20. The van der Waals surface area contributed by atoms with E-state index >= 15 is 0 Å². The quantitative estimate of drug-likeness (QED) is 0.637. The second-order valence-corrected chi connectivity index (χ2v) is 5.35. The molecular weight excluding hydrogens is 286 g/mol. The molecule has 3 nitrogen and oxygen atoms in total. The fourth-order valence-corrected chi connectivity index (χ4v) is 3.03. The third kappa shape index (κ3) is 2.74. The number of carbonyl (C=O) groups is 1. The molecule has 0 atom stereocenters. The van der Waals surface area contributed by atoms with E-state index in [-0.39, 0.29) is 0 Å². The van der Waals surface area contributed by atoms with Crippen molar-refractivity contribution < 1.29 is 9.53 Å². The van der Waals surface area contributed by atoms with Crippen molar-refractivity contribution >= 4 is 29.4 Å². The van der Waals surface area contributed by atoms with Gasteiger partial charge in [-0.15, -0.1) is 11.6 Å². The summed E-state index contributed by atoms with van der Waals surface area (Å²) in [6, 6.07) is 14.2. The highest BCUT2D eigenvalue weighted by molar-refractivity contribution is 6.18. The van der Waals surface area contributed by atoms with Gasteiger partial charge in [-0.25, -0.2) is 0 Å². The fraction of sp³-hybridized carbons (Fsp3) is 0.235. The van der Waals surface area contributed by atoms with E-state index in [1.165, 1.54) is 16.8 Å². The molecule has 1 heterocycles. The van der Waals surface area contributed by atoms with Gasteiger partial charge in [0.05, 0.1) is 0 Å². The first-order valence-electron chi connectivity index (χ1n) is 6.98. The lowest BCUT2D eigenvalue weighted by atomic mass is 10.0. The maximum Gasteiger partial charge on any atom is 0.298 e. The smallest absolute Gasteiger partial charge is 0.298 e. The Morgan fingerprint density at radius 3 is 2.67 bits per heavy atom. The Bertz CT molecular complexity index is 657. The van der Waals surface area contributed by atoms with Crippen LogP contribution in [0.2, 0.25) is 0 Å². The summed E-state index contributed by atoms with van der Waals surface area (Å²) in [5.74, 6) is 1.14. The summed E-state index contributed by atoms with van der Waals surface area (Å²) in [6.07, 6.45) is 1.88. The molecule has 2 aromatic carbocycles. The average molecular weight is 302 g/mol. The summed E-state index contributed by atoms with van der Waals surface area (Å²) in [5, 5.41) is 0. The van der Waals surface area contributed by atoms with Crippen LogP contribution in [0, 0.1) is 0 Å². The van der Waals surface area contributed by atoms with Crippen LogP contribution in [0.1, 0.15) is 11.1 Å². The molecule has 0 spiro atoms. The molecule has 1 aliphatic heterocycles. The Kier molecular flexibility index (Phi) is 4.11. The maximum atomic E-state index is 10.5. The largest absolute Gasteiger partial charge is 0.429 e. The van der Waals surface area contributed by atoms with E-state index in [0.717, 1.165) is 25.1 Å². The lowest BCUT2D eigenvalue weighted by Crippen LogP contribution is -2.20. The van der Waals surface area contributed by atoms with Gasteiger partial charge in [0, 0.05) is 23.8 Å². The Balaban J connectivity index is 2.08. The minimum absolute atomic E-state index is 0.462. The number of halogens is 1. The van der Waals surface area contributed by atoms with Crippen molar-refractivity contribution in [3.8, 4) is 5.75 Å². The van der Waals surface area contributed by atoms with Crippen LogP contribution < -0.4 is 9.64 Å². The number of fused-ring (bicyclic) bond motifs is 2. The predicted octanol–water partition coefficient (Wildman–Crippen LogP) is 3.70. The Labute approximate surface area is 129 Å². The van der Waals surface area contributed by atoms with Gasteiger partial charge in [0.15, 0.2) is 0 Å². The molecule has 0 saturated carbocycles. The van der Waals surface area contributed by atoms with E-state index in [1.54, 1.807) is 0 Å². The van der Waals surface area contributed by atoms with E-state index in [4.69, 9.17) is 16.3 Å². The van der Waals surface area contributed by atoms with Crippen LogP contribution in [-0.4, -0.2) is 18.9 Å². The van der Waals surface area contributed by atoms with Gasteiger partial charge in [0.1, 0.15) is 5.75 Å². The van der Waals surface area contributed by atoms with Crippen molar-refractivity contribution in [2.75, 3.05) is 17.3 Å². The monoisotopic (exact) mass is 301 g/mol. The van der Waals surface area contributed by atoms with Gasteiger partial charge >= 0.3 is 0 Å². The van der Waals surface area contributed by atoms with Crippen molar-refractivity contribution in [1.82, 2.24) is 0 Å². The topological polar surface area (TPSA) is 29.5 Å². The number of benzene rings is 2. The molecule has 108 valence electrons. The molecule has 4 heteroatoms. The van der Waals surface area contributed by atoms with E-state index in [9.17, 15) is 4.79 Å². The van der Waals surface area contributed by atoms with Gasteiger partial charge < -0.3 is 9.64 Å². The van der Waals surface area contributed by atoms with Gasteiger partial charge in [-0.2, -0.15) is 0 Å². The first kappa shape index (κ1) is 14.0. The number of hydrogen-bond acceptors (Lipinski definition) is 3. The van der Waals surface area contributed by atoms with Crippen LogP contribution in [0.15, 0.2) is 42.5 Å². The summed E-state index contributed by atoms with van der Waals surface area (Å²) in [6.45, 7) is 1.21. The van der Waals surface area contributed by atoms with Gasteiger partial charge in [-0.05, 0) is 48.2 Å². The van der Waals surface area contributed by atoms with Crippen molar-refractivity contribution in [3.63, 3.8) is 0 Å². The molecule has 0 aliphatic carbocycles. The third-order valence-corrected chi connectivity index (χ3v) is 3.95. The number of hydrogen-bond donors (Lipinski definition) is 0. The molecule has 2 aromatic rings. The SMILES string of the molecule is O=COc1ccc2c(c1)CCc1ccccc1N2CCCl. The standard InChI is InChI=1S/C17H16ClNO2/c18-9-10-19-16-4-2-1-3-13(16)5-6-14-11-15(21-12-20)7-8-17(14)19/h1-4,7-8,11-12H,5-6,9-10H2. The van der Waals surface area contributed by atoms with Gasteiger partial charge in [-0.1, -0.05) is 18.2 Å². The van der Waals surface area contributed by atoms with Crippen LogP contribution in [0.5, 0.6) is 5.75 Å². The molecule has 0 aromatic heterocycles. The number of rotatable bonds is 4. The van der Waals surface area contributed by atoms with Crippen molar-refractivity contribution in [1.29, 1.82) is 0 Å². The molecule has 0 saturated heterocycles. The Morgan fingerprint density at radius 2 is 1.86 bits per heavy atom. The van der Waals surface area contributed by atoms with E-state index in [2.05, 4.69) is 29.2 Å². The van der Waals surface area contributed by atoms with Gasteiger partial charge in [0.2, 0.25) is 0 Å². The van der Waals surface area contributed by atoms with Crippen molar-refractivity contribution in [2.45, 2.75) is 12.8 Å². The minimum atomic E-state index is 0.462. The van der Waals surface area contributed by atoms with E-state index < -0.39 is 0 Å². The number of nitrogens with zero attached hydrogens (tertiary/aromatic N) is 1. The maximum absolute atomic E-state index is 10.5. The predicted molar refractivity (Wildman–Crippen MR) is 84.7 cm³/mol. The molecule has 0 fully saturated rings. The molecule has 0 radical (unpaired) electrons. The van der Waals surface area contributed by atoms with Gasteiger partial charge in [-0.3, -0.25) is 4.79 Å². The second kappa shape index (κ2) is 6.19. The molecule has 0 unspecified atom stereocenters.